The van der Waals surface area contributed by atoms with Crippen LogP contribution in [-0.2, 0) is 23.1 Å². The first kappa shape index (κ1) is 19.8. The number of halogens is 1. The van der Waals surface area contributed by atoms with E-state index in [-0.39, 0.29) is 12.1 Å². The standard InChI is InChI=1S/C18H29BrN4O2/c1-20-18(23(3)13-15-11-14(19)12-22(15)2)21-10-6-9-17(24)25-16-7-4-5-8-16/h11-12,16H,4-10,13H2,1-3H3,(H,20,21). The van der Waals surface area contributed by atoms with E-state index in [1.807, 2.05) is 20.3 Å². The molecule has 1 saturated carbocycles. The quantitative estimate of drug-likeness (QED) is 0.323. The number of carbonyl (C=O) groups excluding carboxylic acids is 1. The van der Waals surface area contributed by atoms with E-state index in [1.165, 1.54) is 18.5 Å². The molecule has 1 aromatic rings. The molecule has 1 heterocycles. The van der Waals surface area contributed by atoms with Crippen molar-refractivity contribution in [2.45, 2.75) is 51.2 Å². The average molecular weight is 413 g/mol. The maximum atomic E-state index is 11.8. The highest BCUT2D eigenvalue weighted by molar-refractivity contribution is 9.10. The van der Waals surface area contributed by atoms with Crippen LogP contribution < -0.4 is 5.32 Å². The van der Waals surface area contributed by atoms with Crippen molar-refractivity contribution < 1.29 is 9.53 Å². The molecular formula is C18H29BrN4O2. The third-order valence-corrected chi connectivity index (χ3v) is 4.92. The molecule has 25 heavy (non-hydrogen) atoms. The van der Waals surface area contributed by atoms with Gasteiger partial charge in [-0.15, -0.1) is 0 Å². The molecule has 0 spiro atoms. The lowest BCUT2D eigenvalue weighted by molar-refractivity contribution is -0.148. The van der Waals surface area contributed by atoms with Crippen LogP contribution in [0.3, 0.4) is 0 Å². The average Bonchev–Trinajstić information content (AvgIpc) is 3.17. The molecule has 1 N–H and O–H groups in total. The number of esters is 1. The lowest BCUT2D eigenvalue weighted by Gasteiger charge is -2.22. The van der Waals surface area contributed by atoms with Gasteiger partial charge in [-0.25, -0.2) is 0 Å². The maximum Gasteiger partial charge on any atom is 0.306 e. The van der Waals surface area contributed by atoms with Gasteiger partial charge in [-0.2, -0.15) is 0 Å². The van der Waals surface area contributed by atoms with Crippen molar-refractivity contribution in [3.05, 3.63) is 22.4 Å². The number of carbonyl (C=O) groups is 1. The minimum atomic E-state index is -0.0781. The smallest absolute Gasteiger partial charge is 0.306 e. The highest BCUT2D eigenvalue weighted by Crippen LogP contribution is 2.21. The molecule has 6 nitrogen and oxygen atoms in total. The van der Waals surface area contributed by atoms with Gasteiger partial charge in [0.2, 0.25) is 0 Å². The van der Waals surface area contributed by atoms with E-state index in [0.717, 1.165) is 36.2 Å². The summed E-state index contributed by atoms with van der Waals surface area (Å²) in [6.07, 6.45) is 7.80. The lowest BCUT2D eigenvalue weighted by Crippen LogP contribution is -2.39. The summed E-state index contributed by atoms with van der Waals surface area (Å²) >= 11 is 3.49. The van der Waals surface area contributed by atoms with Gasteiger partial charge < -0.3 is 19.5 Å². The van der Waals surface area contributed by atoms with Crippen molar-refractivity contribution in [1.29, 1.82) is 0 Å². The van der Waals surface area contributed by atoms with Gasteiger partial charge in [0.25, 0.3) is 0 Å². The van der Waals surface area contributed by atoms with Crippen LogP contribution in [0.5, 0.6) is 0 Å². The van der Waals surface area contributed by atoms with Crippen LogP contribution in [0.15, 0.2) is 21.7 Å². The fourth-order valence-electron chi connectivity index (χ4n) is 3.11. The number of nitrogens with one attached hydrogen (secondary N) is 1. The molecule has 0 unspecified atom stereocenters. The van der Waals surface area contributed by atoms with Gasteiger partial charge >= 0.3 is 5.97 Å². The molecule has 0 aliphatic heterocycles. The Hall–Kier alpha value is -1.50. The van der Waals surface area contributed by atoms with Crippen LogP contribution in [-0.4, -0.2) is 48.1 Å². The number of hydrogen-bond donors (Lipinski definition) is 1. The minimum Gasteiger partial charge on any atom is -0.462 e. The summed E-state index contributed by atoms with van der Waals surface area (Å²) in [5.41, 5.74) is 1.19. The zero-order chi connectivity index (χ0) is 18.2. The van der Waals surface area contributed by atoms with E-state index in [4.69, 9.17) is 4.74 Å². The number of guanidine groups is 1. The van der Waals surface area contributed by atoms with Crippen LogP contribution in [0.25, 0.3) is 0 Å². The minimum absolute atomic E-state index is 0.0781. The Morgan fingerprint density at radius 1 is 1.48 bits per heavy atom. The number of aromatic nitrogens is 1. The third-order valence-electron chi connectivity index (χ3n) is 4.49. The fraction of sp³-hybridized carbons (Fsp3) is 0.667. The second-order valence-corrected chi connectivity index (χ2v) is 7.51. The van der Waals surface area contributed by atoms with Crippen molar-refractivity contribution in [3.8, 4) is 0 Å². The van der Waals surface area contributed by atoms with Gasteiger partial charge in [0.05, 0.1) is 6.54 Å². The molecule has 0 amide bonds. The number of aliphatic imine (C=N–C) groups is 1. The molecule has 0 radical (unpaired) electrons. The third kappa shape index (κ3) is 6.38. The first-order chi connectivity index (χ1) is 12.0. The molecule has 1 fully saturated rings. The van der Waals surface area contributed by atoms with E-state index < -0.39 is 0 Å². The Bertz CT molecular complexity index is 594. The number of rotatable bonds is 7. The molecule has 2 rings (SSSR count). The molecule has 0 atom stereocenters. The van der Waals surface area contributed by atoms with Crippen LogP contribution in [0.2, 0.25) is 0 Å². The van der Waals surface area contributed by atoms with Gasteiger partial charge in [0.15, 0.2) is 5.96 Å². The first-order valence-electron chi connectivity index (χ1n) is 8.91. The summed E-state index contributed by atoms with van der Waals surface area (Å²) in [6.45, 7) is 1.46. The normalized spacial score (nSPS) is 15.4. The molecule has 1 aromatic heterocycles. The Labute approximate surface area is 158 Å². The van der Waals surface area contributed by atoms with Gasteiger partial charge in [-0.1, -0.05) is 0 Å². The highest BCUT2D eigenvalue weighted by atomic mass is 79.9. The van der Waals surface area contributed by atoms with Crippen LogP contribution in [0.1, 0.15) is 44.2 Å². The monoisotopic (exact) mass is 412 g/mol. The predicted molar refractivity (Wildman–Crippen MR) is 104 cm³/mol. The summed E-state index contributed by atoms with van der Waals surface area (Å²) in [6, 6.07) is 2.10. The Kier molecular flexibility index (Phi) is 7.81. The second-order valence-electron chi connectivity index (χ2n) is 6.59. The van der Waals surface area contributed by atoms with Gasteiger partial charge in [-0.3, -0.25) is 9.79 Å². The zero-order valence-corrected chi connectivity index (χ0v) is 17.0. The van der Waals surface area contributed by atoms with E-state index in [2.05, 4.69) is 41.8 Å². The molecule has 1 aliphatic rings. The maximum absolute atomic E-state index is 11.8. The number of aryl methyl sites for hydroxylation is 1. The summed E-state index contributed by atoms with van der Waals surface area (Å²) in [5.74, 6) is 0.743. The van der Waals surface area contributed by atoms with Crippen LogP contribution in [0, 0.1) is 0 Å². The largest absolute Gasteiger partial charge is 0.462 e. The Morgan fingerprint density at radius 3 is 2.80 bits per heavy atom. The van der Waals surface area contributed by atoms with Gasteiger partial charge in [0, 0.05) is 50.5 Å². The van der Waals surface area contributed by atoms with E-state index in [0.29, 0.717) is 13.0 Å². The zero-order valence-electron chi connectivity index (χ0n) is 15.4. The Morgan fingerprint density at radius 2 is 2.20 bits per heavy atom. The molecule has 1 aliphatic carbocycles. The highest BCUT2D eigenvalue weighted by Gasteiger charge is 2.18. The molecule has 0 bridgehead atoms. The van der Waals surface area contributed by atoms with E-state index in [9.17, 15) is 4.79 Å². The van der Waals surface area contributed by atoms with Crippen molar-refractivity contribution in [3.63, 3.8) is 0 Å². The number of hydrogen-bond acceptors (Lipinski definition) is 3. The molecule has 0 saturated heterocycles. The summed E-state index contributed by atoms with van der Waals surface area (Å²) in [5, 5.41) is 3.31. The van der Waals surface area contributed by atoms with Gasteiger partial charge in [-0.05, 0) is 54.1 Å². The Balaban J connectivity index is 1.68. The topological polar surface area (TPSA) is 58.9 Å². The summed E-state index contributed by atoms with van der Waals surface area (Å²) in [7, 11) is 5.80. The molecular weight excluding hydrogens is 384 g/mol. The molecule has 0 aromatic carbocycles. The first-order valence-corrected chi connectivity index (χ1v) is 9.71. The van der Waals surface area contributed by atoms with Crippen LogP contribution in [0.4, 0.5) is 0 Å². The SMILES string of the molecule is CN=C(NCCCC(=O)OC1CCCC1)N(C)Cc1cc(Br)cn1C. The summed E-state index contributed by atoms with van der Waals surface area (Å²) in [4.78, 5) is 18.2. The van der Waals surface area contributed by atoms with Crippen molar-refractivity contribution in [1.82, 2.24) is 14.8 Å². The fourth-order valence-corrected chi connectivity index (χ4v) is 3.68. The number of ether oxygens (including phenoxy) is 1. The predicted octanol–water partition coefficient (Wildman–Crippen LogP) is 3.06. The van der Waals surface area contributed by atoms with Crippen LogP contribution >= 0.6 is 15.9 Å². The summed E-state index contributed by atoms with van der Waals surface area (Å²) < 4.78 is 8.63. The lowest BCUT2D eigenvalue weighted by atomic mass is 10.3. The molecule has 7 heteroatoms. The molecule has 140 valence electrons. The second kappa shape index (κ2) is 9.85. The van der Waals surface area contributed by atoms with Gasteiger partial charge in [0.1, 0.15) is 6.10 Å². The van der Waals surface area contributed by atoms with Crippen molar-refractivity contribution in [2.75, 3.05) is 20.6 Å². The van der Waals surface area contributed by atoms with Crippen molar-refractivity contribution >= 4 is 27.9 Å². The van der Waals surface area contributed by atoms with E-state index >= 15 is 0 Å². The van der Waals surface area contributed by atoms with E-state index in [1.54, 1.807) is 7.05 Å². The number of nitrogens with zero attached hydrogens (tertiary/aromatic N) is 3. The van der Waals surface area contributed by atoms with Crippen molar-refractivity contribution in [2.24, 2.45) is 12.0 Å².